The molecule has 0 aliphatic carbocycles. The summed E-state index contributed by atoms with van der Waals surface area (Å²) < 4.78 is 6.27. The Morgan fingerprint density at radius 3 is 2.59 bits per heavy atom. The van der Waals surface area contributed by atoms with Crippen LogP contribution in [0.5, 0.6) is 5.75 Å². The highest BCUT2D eigenvalue weighted by Crippen LogP contribution is 2.33. The Hall–Kier alpha value is -2.98. The quantitative estimate of drug-likeness (QED) is 0.438. The lowest BCUT2D eigenvalue weighted by atomic mass is 10.1. The number of likely N-dealkylation sites (tertiary alicyclic amines) is 1. The molecule has 4 aromatic rings. The zero-order valence-electron chi connectivity index (χ0n) is 16.6. The number of nitrogens with zero attached hydrogens (tertiary/aromatic N) is 3. The number of piperidine rings is 1. The van der Waals surface area contributed by atoms with Gasteiger partial charge in [0.1, 0.15) is 17.9 Å². The maximum absolute atomic E-state index is 6.27. The molecular formula is C25H25N3O. The molecule has 1 saturated heterocycles. The van der Waals surface area contributed by atoms with Crippen LogP contribution in [0.2, 0.25) is 0 Å². The second kappa shape index (κ2) is 8.18. The smallest absolute Gasteiger partial charge is 0.129 e. The summed E-state index contributed by atoms with van der Waals surface area (Å²) in [6.07, 6.45) is 5.79. The summed E-state index contributed by atoms with van der Waals surface area (Å²) in [5.74, 6) is 0.893. The minimum Gasteiger partial charge on any atom is -0.492 e. The first-order valence-electron chi connectivity index (χ1n) is 10.5. The Morgan fingerprint density at radius 2 is 1.72 bits per heavy atom. The second-order valence-corrected chi connectivity index (χ2v) is 7.66. The molecule has 1 aliphatic rings. The number of benzene rings is 2. The first kappa shape index (κ1) is 18.1. The highest BCUT2D eigenvalue weighted by atomic mass is 16.5. The normalized spacial score (nSPS) is 15.0. The van der Waals surface area contributed by atoms with E-state index in [0.717, 1.165) is 45.4 Å². The molecule has 2 aromatic heterocycles. The number of aromatic nitrogens is 2. The fraction of sp³-hybridized carbons (Fsp3) is 0.280. The monoisotopic (exact) mass is 383 g/mol. The molecule has 1 fully saturated rings. The third-order valence-electron chi connectivity index (χ3n) is 5.69. The lowest BCUT2D eigenvalue weighted by Crippen LogP contribution is -2.33. The van der Waals surface area contributed by atoms with Gasteiger partial charge in [0.05, 0.1) is 11.2 Å². The number of rotatable bonds is 5. The number of pyridine rings is 2. The summed E-state index contributed by atoms with van der Waals surface area (Å²) in [6.45, 7) is 4.05. The van der Waals surface area contributed by atoms with Crippen LogP contribution in [0.3, 0.4) is 0 Å². The van der Waals surface area contributed by atoms with Crippen molar-refractivity contribution in [2.75, 3.05) is 26.2 Å². The van der Waals surface area contributed by atoms with Crippen LogP contribution in [-0.4, -0.2) is 41.1 Å². The molecule has 0 unspecified atom stereocenters. The van der Waals surface area contributed by atoms with Crippen LogP contribution in [0.25, 0.3) is 33.1 Å². The Morgan fingerprint density at radius 1 is 0.862 bits per heavy atom. The van der Waals surface area contributed by atoms with Gasteiger partial charge in [0.2, 0.25) is 0 Å². The highest BCUT2D eigenvalue weighted by molar-refractivity contribution is 6.06. The molecule has 146 valence electrons. The first-order chi connectivity index (χ1) is 14.4. The van der Waals surface area contributed by atoms with Gasteiger partial charge >= 0.3 is 0 Å². The van der Waals surface area contributed by atoms with Crippen molar-refractivity contribution in [3.8, 4) is 17.0 Å². The Bertz CT molecular complexity index is 1120. The van der Waals surface area contributed by atoms with E-state index in [1.165, 1.54) is 32.4 Å². The van der Waals surface area contributed by atoms with E-state index in [9.17, 15) is 0 Å². The lowest BCUT2D eigenvalue weighted by molar-refractivity contribution is 0.184. The SMILES string of the molecule is c1ccc(-c2ccc3c(OCCN4CCCCC4)cc4cccnc4c3n2)cc1. The van der Waals surface area contributed by atoms with Crippen LogP contribution in [0.15, 0.2) is 66.9 Å². The summed E-state index contributed by atoms with van der Waals surface area (Å²) in [4.78, 5) is 12.1. The molecular weight excluding hydrogens is 358 g/mol. The van der Waals surface area contributed by atoms with E-state index in [1.54, 1.807) is 0 Å². The Labute approximate surface area is 171 Å². The maximum Gasteiger partial charge on any atom is 0.129 e. The van der Waals surface area contributed by atoms with Crippen molar-refractivity contribution in [2.45, 2.75) is 19.3 Å². The van der Waals surface area contributed by atoms with Gasteiger partial charge in [-0.1, -0.05) is 42.8 Å². The fourth-order valence-corrected chi connectivity index (χ4v) is 4.15. The molecule has 2 aromatic carbocycles. The van der Waals surface area contributed by atoms with Crippen molar-refractivity contribution in [3.63, 3.8) is 0 Å². The van der Waals surface area contributed by atoms with E-state index in [2.05, 4.69) is 46.3 Å². The third-order valence-corrected chi connectivity index (χ3v) is 5.69. The summed E-state index contributed by atoms with van der Waals surface area (Å²) in [6, 6.07) is 20.6. The van der Waals surface area contributed by atoms with Crippen LogP contribution in [-0.2, 0) is 0 Å². The van der Waals surface area contributed by atoms with Crippen molar-refractivity contribution >= 4 is 21.8 Å². The summed E-state index contributed by atoms with van der Waals surface area (Å²) in [7, 11) is 0. The van der Waals surface area contributed by atoms with Crippen molar-refractivity contribution in [2.24, 2.45) is 0 Å². The topological polar surface area (TPSA) is 38.2 Å². The van der Waals surface area contributed by atoms with E-state index < -0.39 is 0 Å². The molecule has 0 saturated carbocycles. The molecule has 0 spiro atoms. The van der Waals surface area contributed by atoms with Crippen LogP contribution in [0.1, 0.15) is 19.3 Å². The van der Waals surface area contributed by atoms with Crippen molar-refractivity contribution in [1.29, 1.82) is 0 Å². The molecule has 0 amide bonds. The van der Waals surface area contributed by atoms with Crippen LogP contribution in [0, 0.1) is 0 Å². The zero-order valence-corrected chi connectivity index (χ0v) is 16.6. The molecule has 29 heavy (non-hydrogen) atoms. The minimum atomic E-state index is 0.696. The second-order valence-electron chi connectivity index (χ2n) is 7.66. The van der Waals surface area contributed by atoms with Gasteiger partial charge in [-0.2, -0.15) is 0 Å². The van der Waals surface area contributed by atoms with Gasteiger partial charge in [-0.25, -0.2) is 4.98 Å². The van der Waals surface area contributed by atoms with Gasteiger partial charge in [-0.3, -0.25) is 9.88 Å². The molecule has 3 heterocycles. The molecule has 5 rings (SSSR count). The molecule has 1 aliphatic heterocycles. The van der Waals surface area contributed by atoms with Crippen molar-refractivity contribution in [1.82, 2.24) is 14.9 Å². The molecule has 0 bridgehead atoms. The summed E-state index contributed by atoms with van der Waals surface area (Å²) in [5.41, 5.74) is 3.88. The van der Waals surface area contributed by atoms with Crippen LogP contribution in [0.4, 0.5) is 0 Å². The van der Waals surface area contributed by atoms with Gasteiger partial charge in [0.15, 0.2) is 0 Å². The first-order valence-corrected chi connectivity index (χ1v) is 10.5. The predicted octanol–water partition coefficient (Wildman–Crippen LogP) is 5.31. The van der Waals surface area contributed by atoms with Gasteiger partial charge in [-0.05, 0) is 50.2 Å². The number of hydrogen-bond donors (Lipinski definition) is 0. The molecule has 4 nitrogen and oxygen atoms in total. The number of hydrogen-bond acceptors (Lipinski definition) is 4. The van der Waals surface area contributed by atoms with Gasteiger partial charge in [0.25, 0.3) is 0 Å². The molecule has 0 N–H and O–H groups in total. The van der Waals surface area contributed by atoms with Crippen LogP contribution >= 0.6 is 0 Å². The zero-order chi connectivity index (χ0) is 19.5. The highest BCUT2D eigenvalue weighted by Gasteiger charge is 2.13. The minimum absolute atomic E-state index is 0.696. The number of fused-ring (bicyclic) bond motifs is 3. The van der Waals surface area contributed by atoms with Gasteiger partial charge in [-0.15, -0.1) is 0 Å². The van der Waals surface area contributed by atoms with Crippen LogP contribution < -0.4 is 4.74 Å². The molecule has 0 radical (unpaired) electrons. The third kappa shape index (κ3) is 3.81. The summed E-state index contributed by atoms with van der Waals surface area (Å²) in [5, 5.41) is 2.08. The average Bonchev–Trinajstić information content (AvgIpc) is 2.80. The standard InChI is InChI=1S/C25H25N3O/c1-3-8-19(9-4-1)22-12-11-21-23(29-17-16-28-14-5-2-6-15-28)18-20-10-7-13-26-24(20)25(21)27-22/h1,3-4,7-13,18H,2,5-6,14-17H2. The van der Waals surface area contributed by atoms with E-state index in [1.807, 2.05) is 30.5 Å². The lowest BCUT2D eigenvalue weighted by Gasteiger charge is -2.26. The fourth-order valence-electron chi connectivity index (χ4n) is 4.15. The Kier molecular flexibility index (Phi) is 5.10. The van der Waals surface area contributed by atoms with E-state index in [0.29, 0.717) is 6.61 Å². The van der Waals surface area contributed by atoms with E-state index >= 15 is 0 Å². The molecule has 0 atom stereocenters. The molecule has 4 heteroatoms. The Balaban J connectivity index is 1.51. The predicted molar refractivity (Wildman–Crippen MR) is 118 cm³/mol. The van der Waals surface area contributed by atoms with Gasteiger partial charge < -0.3 is 4.74 Å². The largest absolute Gasteiger partial charge is 0.492 e. The van der Waals surface area contributed by atoms with Crippen molar-refractivity contribution in [3.05, 3.63) is 66.9 Å². The maximum atomic E-state index is 6.27. The van der Waals surface area contributed by atoms with Crippen molar-refractivity contribution < 1.29 is 4.74 Å². The summed E-state index contributed by atoms with van der Waals surface area (Å²) >= 11 is 0. The van der Waals surface area contributed by atoms with E-state index in [-0.39, 0.29) is 0 Å². The number of ether oxygens (including phenoxy) is 1. The average molecular weight is 383 g/mol. The van der Waals surface area contributed by atoms with Gasteiger partial charge in [0, 0.05) is 29.1 Å². The van der Waals surface area contributed by atoms with E-state index in [4.69, 9.17) is 9.72 Å².